The van der Waals surface area contributed by atoms with Crippen LogP contribution in [-0.2, 0) is 17.6 Å². The first-order valence-corrected chi connectivity index (χ1v) is 11.3. The summed E-state index contributed by atoms with van der Waals surface area (Å²) in [4.78, 5) is 0. The number of alkyl halides is 1. The third kappa shape index (κ3) is 14.6. The number of hydrogen-bond donors (Lipinski definition) is 1. The van der Waals surface area contributed by atoms with Gasteiger partial charge in [-0.15, -0.1) is 0 Å². The molecule has 2 aromatic carbocycles. The van der Waals surface area contributed by atoms with Gasteiger partial charge in [-0.2, -0.15) is 0 Å². The molecule has 0 amide bonds. The van der Waals surface area contributed by atoms with Gasteiger partial charge in [-0.3, -0.25) is 0 Å². The van der Waals surface area contributed by atoms with Gasteiger partial charge in [-0.25, -0.2) is 0 Å². The van der Waals surface area contributed by atoms with E-state index in [0.717, 1.165) is 44.2 Å². The zero-order valence-electron chi connectivity index (χ0n) is 16.5. The Kier molecular flexibility index (Phi) is 16.1. The van der Waals surface area contributed by atoms with Crippen LogP contribution in [0, 0.1) is 0 Å². The van der Waals surface area contributed by atoms with E-state index in [4.69, 9.17) is 9.84 Å². The molecule has 0 aromatic heterocycles. The molecule has 1 N–H and O–H groups in total. The van der Waals surface area contributed by atoms with Crippen LogP contribution in [0.15, 0.2) is 60.7 Å². The quantitative estimate of drug-likeness (QED) is 0.300. The zero-order chi connectivity index (χ0) is 19.4. The molecule has 3 heteroatoms. The van der Waals surface area contributed by atoms with Crippen molar-refractivity contribution < 1.29 is 9.84 Å². The molecule has 0 heterocycles. The third-order valence-corrected chi connectivity index (χ3v) is 4.80. The highest BCUT2D eigenvalue weighted by atomic mass is 79.9. The minimum absolute atomic E-state index is 0.287. The van der Waals surface area contributed by atoms with Crippen molar-refractivity contribution in [2.24, 2.45) is 0 Å². The number of aryl methyl sites for hydroxylation is 2. The van der Waals surface area contributed by atoms with Crippen LogP contribution in [-0.4, -0.2) is 30.3 Å². The van der Waals surface area contributed by atoms with Crippen LogP contribution in [0.3, 0.4) is 0 Å². The Morgan fingerprint density at radius 3 is 1.70 bits per heavy atom. The molecular weight excluding hydrogens is 400 g/mol. The van der Waals surface area contributed by atoms with E-state index in [0.29, 0.717) is 0 Å². The largest absolute Gasteiger partial charge is 0.396 e. The van der Waals surface area contributed by atoms with Crippen molar-refractivity contribution in [3.05, 3.63) is 71.8 Å². The molecule has 2 rings (SSSR count). The maximum Gasteiger partial charge on any atom is 0.0469 e. The Balaban J connectivity index is 0.000000309. The molecule has 0 bridgehead atoms. The Hall–Kier alpha value is -1.16. The maximum atomic E-state index is 8.53. The third-order valence-electron chi connectivity index (χ3n) is 4.24. The zero-order valence-corrected chi connectivity index (χ0v) is 18.1. The van der Waals surface area contributed by atoms with E-state index in [1.165, 1.54) is 36.8 Å². The second kappa shape index (κ2) is 18.2. The Labute approximate surface area is 174 Å². The summed E-state index contributed by atoms with van der Waals surface area (Å²) in [6.07, 6.45) is 9.21. The average Bonchev–Trinajstić information content (AvgIpc) is 2.73. The standard InChI is InChI=1S/C15H23BrO.C9H12O/c16-12-6-1-2-7-13-17-14-8-11-15-9-4-3-5-10-15;10-8-4-7-9-5-2-1-3-6-9/h3-5,9-10H,1-2,6-8,11-14H2;1-3,5-6,10H,4,7-8H2. The lowest BCUT2D eigenvalue weighted by Crippen LogP contribution is -1.98. The van der Waals surface area contributed by atoms with Crippen LogP contribution < -0.4 is 0 Å². The lowest BCUT2D eigenvalue weighted by atomic mass is 10.1. The summed E-state index contributed by atoms with van der Waals surface area (Å²) >= 11 is 3.44. The molecule has 0 saturated carbocycles. The fraction of sp³-hybridized carbons (Fsp3) is 0.500. The number of benzene rings is 2. The van der Waals surface area contributed by atoms with E-state index in [1.807, 2.05) is 18.2 Å². The molecule has 0 fully saturated rings. The van der Waals surface area contributed by atoms with Crippen molar-refractivity contribution in [2.45, 2.75) is 51.4 Å². The molecule has 0 aliphatic heterocycles. The van der Waals surface area contributed by atoms with Crippen molar-refractivity contribution in [1.82, 2.24) is 0 Å². The molecule has 0 unspecified atom stereocenters. The molecule has 27 heavy (non-hydrogen) atoms. The van der Waals surface area contributed by atoms with Crippen LogP contribution >= 0.6 is 15.9 Å². The fourth-order valence-electron chi connectivity index (χ4n) is 2.71. The summed E-state index contributed by atoms with van der Waals surface area (Å²) in [5.41, 5.74) is 2.71. The monoisotopic (exact) mass is 434 g/mol. The number of aliphatic hydroxyl groups is 1. The Morgan fingerprint density at radius 2 is 1.15 bits per heavy atom. The number of aliphatic hydroxyl groups excluding tert-OH is 1. The van der Waals surface area contributed by atoms with Crippen molar-refractivity contribution in [2.75, 3.05) is 25.2 Å². The molecule has 0 aliphatic carbocycles. The van der Waals surface area contributed by atoms with Crippen molar-refractivity contribution in [1.29, 1.82) is 0 Å². The van der Waals surface area contributed by atoms with Gasteiger partial charge < -0.3 is 9.84 Å². The Bertz CT molecular complexity index is 531. The van der Waals surface area contributed by atoms with E-state index >= 15 is 0 Å². The molecular formula is C24H35BrO2. The fourth-order valence-corrected chi connectivity index (χ4v) is 3.10. The van der Waals surface area contributed by atoms with Crippen LogP contribution in [0.4, 0.5) is 0 Å². The van der Waals surface area contributed by atoms with Crippen LogP contribution in [0.1, 0.15) is 49.7 Å². The SMILES string of the molecule is BrCCCCCCOCCCc1ccccc1.OCCCc1ccccc1. The predicted molar refractivity (Wildman–Crippen MR) is 120 cm³/mol. The van der Waals surface area contributed by atoms with Gasteiger partial charge in [0.2, 0.25) is 0 Å². The van der Waals surface area contributed by atoms with E-state index in [2.05, 4.69) is 58.4 Å². The van der Waals surface area contributed by atoms with Crippen LogP contribution in [0.2, 0.25) is 0 Å². The van der Waals surface area contributed by atoms with Gasteiger partial charge in [-0.1, -0.05) is 89.4 Å². The lowest BCUT2D eigenvalue weighted by Gasteiger charge is -2.04. The van der Waals surface area contributed by atoms with Gasteiger partial charge in [0.05, 0.1) is 0 Å². The summed E-state index contributed by atoms with van der Waals surface area (Å²) in [5, 5.41) is 9.66. The normalized spacial score (nSPS) is 10.3. The smallest absolute Gasteiger partial charge is 0.0469 e. The van der Waals surface area contributed by atoms with Gasteiger partial charge in [0, 0.05) is 25.2 Å². The van der Waals surface area contributed by atoms with Gasteiger partial charge in [0.1, 0.15) is 0 Å². The minimum Gasteiger partial charge on any atom is -0.396 e. The summed E-state index contributed by atoms with van der Waals surface area (Å²) < 4.78 is 5.62. The molecule has 150 valence electrons. The topological polar surface area (TPSA) is 29.5 Å². The number of halogens is 1. The summed E-state index contributed by atoms with van der Waals surface area (Å²) in [7, 11) is 0. The summed E-state index contributed by atoms with van der Waals surface area (Å²) in [5.74, 6) is 0. The molecule has 2 aromatic rings. The Morgan fingerprint density at radius 1 is 0.630 bits per heavy atom. The minimum atomic E-state index is 0.287. The van der Waals surface area contributed by atoms with Gasteiger partial charge in [-0.05, 0) is 49.7 Å². The highest BCUT2D eigenvalue weighted by Crippen LogP contribution is 2.04. The highest BCUT2D eigenvalue weighted by molar-refractivity contribution is 9.09. The maximum absolute atomic E-state index is 8.53. The second-order valence-electron chi connectivity index (χ2n) is 6.62. The average molecular weight is 435 g/mol. The van der Waals surface area contributed by atoms with Crippen molar-refractivity contribution >= 4 is 15.9 Å². The number of rotatable bonds is 13. The molecule has 2 nitrogen and oxygen atoms in total. The molecule has 0 atom stereocenters. The van der Waals surface area contributed by atoms with E-state index < -0.39 is 0 Å². The van der Waals surface area contributed by atoms with Gasteiger partial charge >= 0.3 is 0 Å². The van der Waals surface area contributed by atoms with Crippen LogP contribution in [0.25, 0.3) is 0 Å². The summed E-state index contributed by atoms with van der Waals surface area (Å²) in [6, 6.07) is 20.8. The lowest BCUT2D eigenvalue weighted by molar-refractivity contribution is 0.128. The van der Waals surface area contributed by atoms with Crippen molar-refractivity contribution in [3.63, 3.8) is 0 Å². The highest BCUT2D eigenvalue weighted by Gasteiger charge is 1.93. The van der Waals surface area contributed by atoms with E-state index in [9.17, 15) is 0 Å². The number of unbranched alkanes of at least 4 members (excludes halogenated alkanes) is 3. The van der Waals surface area contributed by atoms with Gasteiger partial charge in [0.25, 0.3) is 0 Å². The molecule has 0 saturated heterocycles. The molecule has 0 aliphatic rings. The first-order valence-electron chi connectivity index (χ1n) is 10.2. The van der Waals surface area contributed by atoms with Crippen molar-refractivity contribution in [3.8, 4) is 0 Å². The van der Waals surface area contributed by atoms with E-state index in [-0.39, 0.29) is 6.61 Å². The number of ether oxygens (including phenoxy) is 1. The first kappa shape index (κ1) is 23.9. The second-order valence-corrected chi connectivity index (χ2v) is 7.41. The molecule has 0 spiro atoms. The van der Waals surface area contributed by atoms with Crippen LogP contribution in [0.5, 0.6) is 0 Å². The predicted octanol–water partition coefficient (Wildman–Crippen LogP) is 6.20. The first-order chi connectivity index (χ1) is 13.4. The van der Waals surface area contributed by atoms with Gasteiger partial charge in [0.15, 0.2) is 0 Å². The number of hydrogen-bond acceptors (Lipinski definition) is 2. The molecule has 0 radical (unpaired) electrons. The summed E-state index contributed by atoms with van der Waals surface area (Å²) in [6.45, 7) is 2.11. The van der Waals surface area contributed by atoms with E-state index in [1.54, 1.807) is 0 Å².